The molecule has 1 unspecified atom stereocenters. The lowest BCUT2D eigenvalue weighted by molar-refractivity contribution is 0.547. The zero-order valence-electron chi connectivity index (χ0n) is 9.87. The van der Waals surface area contributed by atoms with E-state index in [9.17, 15) is 0 Å². The molecule has 0 bridgehead atoms. The Hall–Kier alpha value is -0.660. The largest absolute Gasteiger partial charge is 0.271 e. The molecule has 0 aromatic heterocycles. The summed E-state index contributed by atoms with van der Waals surface area (Å²) in [5.41, 5.74) is 2.82. The first-order valence-electron chi connectivity index (χ1n) is 5.50. The van der Waals surface area contributed by atoms with Gasteiger partial charge in [-0.2, -0.15) is 0 Å². The van der Waals surface area contributed by atoms with Crippen LogP contribution >= 0.6 is 23.4 Å². The smallest absolute Gasteiger partial charge is 0.0417 e. The summed E-state index contributed by atoms with van der Waals surface area (Å²) >= 11 is 7.67. The van der Waals surface area contributed by atoms with E-state index in [1.807, 2.05) is 25.1 Å². The predicted octanol–water partition coefficient (Wildman–Crippen LogP) is 3.07. The number of hydrogen-bond acceptors (Lipinski definition) is 3. The highest BCUT2D eigenvalue weighted by molar-refractivity contribution is 7.99. The molecule has 0 radical (unpaired) electrons. The molecule has 92 valence electrons. The van der Waals surface area contributed by atoms with E-state index in [2.05, 4.69) is 23.3 Å². The fraction of sp³-hybridized carbons (Fsp3) is 0.385. The molecular weight excluding hydrogens is 252 g/mol. The maximum atomic E-state index is 5.92. The highest BCUT2D eigenvalue weighted by atomic mass is 35.5. The average molecular weight is 269 g/mol. The number of hydrazine groups is 1. The molecule has 0 fully saturated rings. The molecule has 1 rings (SSSR count). The van der Waals surface area contributed by atoms with Crippen LogP contribution in [0.2, 0.25) is 5.02 Å². The van der Waals surface area contributed by atoms with Crippen LogP contribution in [0.5, 0.6) is 0 Å². The van der Waals surface area contributed by atoms with Crippen LogP contribution in [0.3, 0.4) is 0 Å². The van der Waals surface area contributed by atoms with Gasteiger partial charge in [0.05, 0.1) is 0 Å². The minimum absolute atomic E-state index is 0.278. The fourth-order valence-electron chi connectivity index (χ4n) is 1.34. The van der Waals surface area contributed by atoms with Crippen LogP contribution in [-0.2, 0) is 0 Å². The summed E-state index contributed by atoms with van der Waals surface area (Å²) < 4.78 is 0. The number of halogens is 1. The summed E-state index contributed by atoms with van der Waals surface area (Å²) in [7, 11) is 0. The number of thioether (sulfide) groups is 1. The van der Waals surface area contributed by atoms with Gasteiger partial charge in [0.15, 0.2) is 0 Å². The quantitative estimate of drug-likeness (QED) is 0.360. The summed E-state index contributed by atoms with van der Waals surface area (Å²) in [6.45, 7) is 1.85. The maximum absolute atomic E-state index is 5.92. The lowest BCUT2D eigenvalue weighted by Crippen LogP contribution is -2.36. The van der Waals surface area contributed by atoms with Crippen molar-refractivity contribution in [1.29, 1.82) is 0 Å². The van der Waals surface area contributed by atoms with Gasteiger partial charge in [0, 0.05) is 28.1 Å². The van der Waals surface area contributed by atoms with Gasteiger partial charge in [-0.1, -0.05) is 17.7 Å². The van der Waals surface area contributed by atoms with E-state index >= 15 is 0 Å². The Bertz CT molecular complexity index is 398. The van der Waals surface area contributed by atoms with Crippen LogP contribution in [0.25, 0.3) is 0 Å². The fourth-order valence-corrected chi connectivity index (χ4v) is 2.64. The SMILES string of the molecule is CC#CCCC(CSc1cccc(Cl)c1)NN. The van der Waals surface area contributed by atoms with Crippen molar-refractivity contribution in [3.63, 3.8) is 0 Å². The Kier molecular flexibility index (Phi) is 7.14. The monoisotopic (exact) mass is 268 g/mol. The molecule has 3 N–H and O–H groups in total. The average Bonchev–Trinajstić information content (AvgIpc) is 2.34. The highest BCUT2D eigenvalue weighted by Gasteiger charge is 2.06. The molecule has 2 nitrogen and oxygen atoms in total. The van der Waals surface area contributed by atoms with Gasteiger partial charge in [0.2, 0.25) is 0 Å². The lowest BCUT2D eigenvalue weighted by atomic mass is 10.2. The number of benzene rings is 1. The van der Waals surface area contributed by atoms with Gasteiger partial charge in [-0.15, -0.1) is 23.6 Å². The minimum atomic E-state index is 0.278. The van der Waals surface area contributed by atoms with Crippen molar-refractivity contribution in [1.82, 2.24) is 5.43 Å². The molecular formula is C13H17ClN2S. The first-order chi connectivity index (χ1) is 8.26. The van der Waals surface area contributed by atoms with Gasteiger partial charge in [-0.05, 0) is 31.5 Å². The molecule has 0 aliphatic heterocycles. The van der Waals surface area contributed by atoms with Gasteiger partial charge >= 0.3 is 0 Å². The molecule has 0 spiro atoms. The summed E-state index contributed by atoms with van der Waals surface area (Å²) in [4.78, 5) is 1.17. The summed E-state index contributed by atoms with van der Waals surface area (Å²) in [5, 5.41) is 0.768. The standard InChI is InChI=1S/C13H17ClN2S/c1-2-3-4-7-12(16-15)10-17-13-8-5-6-11(14)9-13/h5-6,8-9,12,16H,4,7,10,15H2,1H3. The topological polar surface area (TPSA) is 38.0 Å². The van der Waals surface area contributed by atoms with E-state index in [-0.39, 0.29) is 6.04 Å². The normalized spacial score (nSPS) is 11.7. The third-order valence-corrected chi connectivity index (χ3v) is 3.67. The van der Waals surface area contributed by atoms with Crippen LogP contribution < -0.4 is 11.3 Å². The lowest BCUT2D eigenvalue weighted by Gasteiger charge is -2.13. The van der Waals surface area contributed by atoms with Gasteiger partial charge in [0.25, 0.3) is 0 Å². The zero-order chi connectivity index (χ0) is 12.5. The number of hydrogen-bond donors (Lipinski definition) is 2. The Balaban J connectivity index is 2.38. The van der Waals surface area contributed by atoms with Gasteiger partial charge in [-0.25, -0.2) is 0 Å². The van der Waals surface area contributed by atoms with Crippen molar-refractivity contribution in [2.75, 3.05) is 5.75 Å². The van der Waals surface area contributed by atoms with E-state index in [4.69, 9.17) is 17.4 Å². The zero-order valence-corrected chi connectivity index (χ0v) is 11.4. The van der Waals surface area contributed by atoms with Crippen LogP contribution in [0, 0.1) is 11.8 Å². The summed E-state index contributed by atoms with van der Waals surface area (Å²) in [5.74, 6) is 12.4. The molecule has 1 aromatic rings. The molecule has 0 heterocycles. The predicted molar refractivity (Wildman–Crippen MR) is 76.0 cm³/mol. The molecule has 0 aliphatic carbocycles. The molecule has 1 atom stereocenters. The van der Waals surface area contributed by atoms with Gasteiger partial charge in [0.1, 0.15) is 0 Å². The van der Waals surface area contributed by atoms with Crippen molar-refractivity contribution in [2.45, 2.75) is 30.7 Å². The number of nitrogens with one attached hydrogen (secondary N) is 1. The Morgan fingerprint density at radius 3 is 3.00 bits per heavy atom. The molecule has 1 aromatic carbocycles. The van der Waals surface area contributed by atoms with Crippen molar-refractivity contribution in [2.24, 2.45) is 5.84 Å². The Morgan fingerprint density at radius 2 is 2.35 bits per heavy atom. The van der Waals surface area contributed by atoms with Crippen LogP contribution in [0.1, 0.15) is 19.8 Å². The summed E-state index contributed by atoms with van der Waals surface area (Å²) in [6, 6.07) is 8.13. The van der Waals surface area contributed by atoms with Crippen molar-refractivity contribution in [3.05, 3.63) is 29.3 Å². The van der Waals surface area contributed by atoms with Crippen LogP contribution in [0.15, 0.2) is 29.2 Å². The van der Waals surface area contributed by atoms with Crippen LogP contribution in [0.4, 0.5) is 0 Å². The van der Waals surface area contributed by atoms with E-state index in [0.29, 0.717) is 0 Å². The second-order valence-electron chi connectivity index (χ2n) is 3.60. The van der Waals surface area contributed by atoms with E-state index in [0.717, 1.165) is 23.6 Å². The molecule has 0 saturated carbocycles. The third kappa shape index (κ3) is 5.99. The molecule has 0 amide bonds. The van der Waals surface area contributed by atoms with E-state index in [1.54, 1.807) is 11.8 Å². The molecule has 4 heteroatoms. The first-order valence-corrected chi connectivity index (χ1v) is 6.86. The van der Waals surface area contributed by atoms with Gasteiger partial charge in [-0.3, -0.25) is 11.3 Å². The Morgan fingerprint density at radius 1 is 1.53 bits per heavy atom. The molecule has 0 saturated heterocycles. The second kappa shape index (κ2) is 8.43. The number of nitrogens with two attached hydrogens (primary N) is 1. The second-order valence-corrected chi connectivity index (χ2v) is 5.13. The highest BCUT2D eigenvalue weighted by Crippen LogP contribution is 2.22. The van der Waals surface area contributed by atoms with E-state index < -0.39 is 0 Å². The number of rotatable bonds is 6. The maximum Gasteiger partial charge on any atom is 0.0417 e. The Labute approximate surface area is 112 Å². The van der Waals surface area contributed by atoms with Crippen molar-refractivity contribution < 1.29 is 0 Å². The first kappa shape index (κ1) is 14.4. The van der Waals surface area contributed by atoms with Crippen molar-refractivity contribution in [3.8, 4) is 11.8 Å². The summed E-state index contributed by atoms with van der Waals surface area (Å²) in [6.07, 6.45) is 1.84. The third-order valence-electron chi connectivity index (χ3n) is 2.28. The molecule has 0 aliphatic rings. The molecule has 17 heavy (non-hydrogen) atoms. The minimum Gasteiger partial charge on any atom is -0.271 e. The van der Waals surface area contributed by atoms with E-state index in [1.165, 1.54) is 4.90 Å². The van der Waals surface area contributed by atoms with Crippen molar-refractivity contribution >= 4 is 23.4 Å². The van der Waals surface area contributed by atoms with Crippen LogP contribution in [-0.4, -0.2) is 11.8 Å². The van der Waals surface area contributed by atoms with Gasteiger partial charge < -0.3 is 0 Å².